The Bertz CT molecular complexity index is 298. The Morgan fingerprint density at radius 1 is 1.62 bits per heavy atom. The zero-order valence-electron chi connectivity index (χ0n) is 9.40. The number of hydrogen-bond acceptors (Lipinski definition) is 4. The first-order chi connectivity index (χ1) is 7.86. The van der Waals surface area contributed by atoms with Crippen LogP contribution in [0.4, 0.5) is 0 Å². The number of ether oxygens (including phenoxy) is 1. The number of hydrogen-bond donors (Lipinski definition) is 3. The molecule has 0 spiro atoms. The molecule has 0 amide bonds. The van der Waals surface area contributed by atoms with Crippen molar-refractivity contribution in [3.8, 4) is 0 Å². The van der Waals surface area contributed by atoms with Gasteiger partial charge in [-0.05, 0) is 12.1 Å². The minimum absolute atomic E-state index is 0.559. The minimum Gasteiger partial charge on any atom is -0.469 e. The SMILES string of the molecule is COCCN=C(NN)NCCc1ccco1. The van der Waals surface area contributed by atoms with Crippen LogP contribution in [-0.4, -0.2) is 32.8 Å². The number of guanidine groups is 1. The van der Waals surface area contributed by atoms with Gasteiger partial charge in [-0.1, -0.05) is 0 Å². The fourth-order valence-electron chi connectivity index (χ4n) is 1.16. The van der Waals surface area contributed by atoms with Gasteiger partial charge < -0.3 is 14.5 Å². The first-order valence-corrected chi connectivity index (χ1v) is 5.13. The van der Waals surface area contributed by atoms with E-state index in [9.17, 15) is 0 Å². The number of methoxy groups -OCH3 is 1. The number of nitrogens with two attached hydrogens (primary N) is 1. The Morgan fingerprint density at radius 3 is 3.12 bits per heavy atom. The molecule has 0 radical (unpaired) electrons. The van der Waals surface area contributed by atoms with Crippen LogP contribution in [0.25, 0.3) is 0 Å². The van der Waals surface area contributed by atoms with Crippen molar-refractivity contribution in [1.82, 2.24) is 10.7 Å². The lowest BCUT2D eigenvalue weighted by atomic mass is 10.3. The molecule has 1 aromatic heterocycles. The van der Waals surface area contributed by atoms with Gasteiger partial charge in [0.15, 0.2) is 0 Å². The summed E-state index contributed by atoms with van der Waals surface area (Å²) in [4.78, 5) is 4.16. The van der Waals surface area contributed by atoms with Crippen LogP contribution in [0.2, 0.25) is 0 Å². The van der Waals surface area contributed by atoms with Crippen molar-refractivity contribution in [2.75, 3.05) is 26.8 Å². The summed E-state index contributed by atoms with van der Waals surface area (Å²) >= 11 is 0. The fraction of sp³-hybridized carbons (Fsp3) is 0.500. The van der Waals surface area contributed by atoms with Crippen molar-refractivity contribution in [2.45, 2.75) is 6.42 Å². The molecular formula is C10H18N4O2. The molecule has 0 saturated carbocycles. The zero-order valence-corrected chi connectivity index (χ0v) is 9.40. The van der Waals surface area contributed by atoms with E-state index < -0.39 is 0 Å². The van der Waals surface area contributed by atoms with Crippen molar-refractivity contribution in [2.24, 2.45) is 10.8 Å². The van der Waals surface area contributed by atoms with Crippen LogP contribution in [0.15, 0.2) is 27.8 Å². The fourth-order valence-corrected chi connectivity index (χ4v) is 1.16. The monoisotopic (exact) mass is 226 g/mol. The largest absolute Gasteiger partial charge is 0.469 e. The maximum atomic E-state index is 5.31. The second kappa shape index (κ2) is 7.72. The molecule has 0 aromatic carbocycles. The van der Waals surface area contributed by atoms with E-state index in [1.807, 2.05) is 12.1 Å². The molecule has 0 unspecified atom stereocenters. The molecule has 0 aliphatic rings. The smallest absolute Gasteiger partial charge is 0.205 e. The predicted molar refractivity (Wildman–Crippen MR) is 61.9 cm³/mol. The topological polar surface area (TPSA) is 84.8 Å². The molecule has 0 bridgehead atoms. The number of rotatable bonds is 6. The van der Waals surface area contributed by atoms with Crippen LogP contribution in [0.1, 0.15) is 5.76 Å². The Kier molecular flexibility index (Phi) is 6.05. The summed E-state index contributed by atoms with van der Waals surface area (Å²) in [6, 6.07) is 3.80. The van der Waals surface area contributed by atoms with Crippen LogP contribution in [0.5, 0.6) is 0 Å². The van der Waals surface area contributed by atoms with Gasteiger partial charge >= 0.3 is 0 Å². The average Bonchev–Trinajstić information content (AvgIpc) is 2.80. The van der Waals surface area contributed by atoms with Gasteiger partial charge in [-0.15, -0.1) is 0 Å². The molecule has 90 valence electrons. The molecule has 4 N–H and O–H groups in total. The maximum absolute atomic E-state index is 5.31. The standard InChI is InChI=1S/C10H18N4O2/c1-15-8-6-13-10(14-11)12-5-4-9-3-2-7-16-9/h2-3,7H,4-6,8,11H2,1H3,(H2,12,13,14). The van der Waals surface area contributed by atoms with Gasteiger partial charge in [0, 0.05) is 20.1 Å². The Balaban J connectivity index is 2.20. The molecular weight excluding hydrogens is 208 g/mol. The molecule has 16 heavy (non-hydrogen) atoms. The third-order valence-corrected chi connectivity index (χ3v) is 1.95. The number of aliphatic imine (C=N–C) groups is 1. The van der Waals surface area contributed by atoms with E-state index in [0.717, 1.165) is 12.2 Å². The lowest BCUT2D eigenvalue weighted by Gasteiger charge is -2.07. The van der Waals surface area contributed by atoms with Gasteiger partial charge in [-0.2, -0.15) is 0 Å². The normalized spacial score (nSPS) is 11.5. The molecule has 0 aliphatic heterocycles. The molecule has 0 atom stereocenters. The predicted octanol–water partition coefficient (Wildman–Crippen LogP) is -0.123. The van der Waals surface area contributed by atoms with Gasteiger partial charge in [0.05, 0.1) is 19.4 Å². The first-order valence-electron chi connectivity index (χ1n) is 5.13. The lowest BCUT2D eigenvalue weighted by Crippen LogP contribution is -2.42. The molecule has 0 aliphatic carbocycles. The van der Waals surface area contributed by atoms with Crippen molar-refractivity contribution in [3.05, 3.63) is 24.2 Å². The van der Waals surface area contributed by atoms with E-state index >= 15 is 0 Å². The van der Waals surface area contributed by atoms with E-state index in [4.69, 9.17) is 15.0 Å². The highest BCUT2D eigenvalue weighted by Crippen LogP contribution is 1.99. The van der Waals surface area contributed by atoms with Gasteiger partial charge in [-0.3, -0.25) is 5.43 Å². The average molecular weight is 226 g/mol. The number of nitrogens with zero attached hydrogens (tertiary/aromatic N) is 1. The Labute approximate surface area is 94.8 Å². The summed E-state index contributed by atoms with van der Waals surface area (Å²) in [6.07, 6.45) is 2.45. The highest BCUT2D eigenvalue weighted by molar-refractivity contribution is 5.79. The van der Waals surface area contributed by atoms with Crippen LogP contribution >= 0.6 is 0 Å². The second-order valence-electron chi connectivity index (χ2n) is 3.12. The molecule has 1 aromatic rings. The van der Waals surface area contributed by atoms with E-state index in [2.05, 4.69) is 15.7 Å². The van der Waals surface area contributed by atoms with Crippen molar-refractivity contribution in [1.29, 1.82) is 0 Å². The summed E-state index contributed by atoms with van der Waals surface area (Å²) < 4.78 is 10.1. The summed E-state index contributed by atoms with van der Waals surface area (Å²) in [5.41, 5.74) is 2.49. The lowest BCUT2D eigenvalue weighted by molar-refractivity contribution is 0.208. The molecule has 6 nitrogen and oxygen atoms in total. The molecule has 0 fully saturated rings. The quantitative estimate of drug-likeness (QED) is 0.207. The Morgan fingerprint density at radius 2 is 2.50 bits per heavy atom. The maximum Gasteiger partial charge on any atom is 0.205 e. The Hall–Kier alpha value is -1.53. The highest BCUT2D eigenvalue weighted by atomic mass is 16.5. The first kappa shape index (κ1) is 12.5. The molecule has 0 saturated heterocycles. The number of nitrogens with one attached hydrogen (secondary N) is 2. The molecule has 1 rings (SSSR count). The molecule has 1 heterocycles. The van der Waals surface area contributed by atoms with E-state index in [0.29, 0.717) is 25.7 Å². The summed E-state index contributed by atoms with van der Waals surface area (Å²) in [5, 5.41) is 3.06. The van der Waals surface area contributed by atoms with Crippen molar-refractivity contribution < 1.29 is 9.15 Å². The summed E-state index contributed by atoms with van der Waals surface area (Å²) in [6.45, 7) is 1.86. The third-order valence-electron chi connectivity index (χ3n) is 1.95. The molecule has 6 heteroatoms. The van der Waals surface area contributed by atoms with Gasteiger partial charge in [-0.25, -0.2) is 10.8 Å². The van der Waals surface area contributed by atoms with E-state index in [1.54, 1.807) is 13.4 Å². The van der Waals surface area contributed by atoms with Crippen molar-refractivity contribution >= 4 is 5.96 Å². The van der Waals surface area contributed by atoms with Gasteiger partial charge in [0.25, 0.3) is 0 Å². The van der Waals surface area contributed by atoms with E-state index in [-0.39, 0.29) is 0 Å². The van der Waals surface area contributed by atoms with Crippen LogP contribution in [-0.2, 0) is 11.2 Å². The third kappa shape index (κ3) is 4.81. The van der Waals surface area contributed by atoms with Crippen LogP contribution < -0.4 is 16.6 Å². The van der Waals surface area contributed by atoms with Gasteiger partial charge in [0.2, 0.25) is 5.96 Å². The minimum atomic E-state index is 0.559. The number of hydrazine groups is 1. The zero-order chi connectivity index (χ0) is 11.6. The van der Waals surface area contributed by atoms with E-state index in [1.165, 1.54) is 0 Å². The van der Waals surface area contributed by atoms with Crippen LogP contribution in [0.3, 0.4) is 0 Å². The number of furan rings is 1. The summed E-state index contributed by atoms with van der Waals surface area (Å²) in [7, 11) is 1.63. The van der Waals surface area contributed by atoms with Crippen molar-refractivity contribution in [3.63, 3.8) is 0 Å². The van der Waals surface area contributed by atoms with Crippen LogP contribution in [0, 0.1) is 0 Å². The van der Waals surface area contributed by atoms with Gasteiger partial charge in [0.1, 0.15) is 5.76 Å². The highest BCUT2D eigenvalue weighted by Gasteiger charge is 1.97. The second-order valence-corrected chi connectivity index (χ2v) is 3.12. The summed E-state index contributed by atoms with van der Waals surface area (Å²) in [5.74, 6) is 6.80.